The topological polar surface area (TPSA) is 76.0 Å². The molecule has 1 aromatic carbocycles. The molecule has 5 atom stereocenters. The van der Waals surface area contributed by atoms with E-state index < -0.39 is 5.97 Å². The fourth-order valence-electron chi connectivity index (χ4n) is 5.67. The van der Waals surface area contributed by atoms with E-state index in [1.54, 1.807) is 0 Å². The van der Waals surface area contributed by atoms with Crippen molar-refractivity contribution in [2.24, 2.45) is 17.8 Å². The SMILES string of the molecule is CCCCC[C@@H](CC[C@@H]1[C@H]2Cc3cccc(OCC(=O)O)c3C[C@H]2C[C@H]1O)OCCC. The van der Waals surface area contributed by atoms with Gasteiger partial charge in [-0.3, -0.25) is 0 Å². The predicted molar refractivity (Wildman–Crippen MR) is 121 cm³/mol. The second kappa shape index (κ2) is 11.9. The Morgan fingerprint density at radius 1 is 1.16 bits per heavy atom. The summed E-state index contributed by atoms with van der Waals surface area (Å²) in [4.78, 5) is 10.9. The van der Waals surface area contributed by atoms with Gasteiger partial charge < -0.3 is 19.7 Å². The van der Waals surface area contributed by atoms with Crippen LogP contribution < -0.4 is 4.74 Å². The zero-order valence-corrected chi connectivity index (χ0v) is 19.2. The highest BCUT2D eigenvalue weighted by Crippen LogP contribution is 2.48. The van der Waals surface area contributed by atoms with E-state index in [1.165, 1.54) is 24.8 Å². The lowest BCUT2D eigenvalue weighted by molar-refractivity contribution is -0.139. The van der Waals surface area contributed by atoms with Gasteiger partial charge in [0.1, 0.15) is 5.75 Å². The molecule has 0 amide bonds. The van der Waals surface area contributed by atoms with Gasteiger partial charge in [0.2, 0.25) is 0 Å². The number of hydrogen-bond donors (Lipinski definition) is 2. The molecule has 0 aliphatic heterocycles. The summed E-state index contributed by atoms with van der Waals surface area (Å²) in [7, 11) is 0. The van der Waals surface area contributed by atoms with Gasteiger partial charge in [0.15, 0.2) is 6.61 Å². The van der Waals surface area contributed by atoms with E-state index in [4.69, 9.17) is 14.6 Å². The second-order valence-electron chi connectivity index (χ2n) is 9.44. The molecule has 0 heterocycles. The molecule has 2 aliphatic rings. The van der Waals surface area contributed by atoms with Gasteiger partial charge in [-0.25, -0.2) is 4.79 Å². The molecule has 0 bridgehead atoms. The molecular weight excluding hydrogens is 392 g/mol. The van der Waals surface area contributed by atoms with Crippen molar-refractivity contribution in [3.8, 4) is 5.75 Å². The molecule has 2 N–H and O–H groups in total. The number of hydrogen-bond acceptors (Lipinski definition) is 4. The molecule has 3 rings (SSSR count). The number of fused-ring (bicyclic) bond motifs is 2. The maximum atomic E-state index is 10.9. The number of unbranched alkanes of at least 4 members (excludes halogenated alkanes) is 2. The lowest BCUT2D eigenvalue weighted by Gasteiger charge is -2.33. The normalized spacial score (nSPS) is 25.6. The molecule has 5 nitrogen and oxygen atoms in total. The molecule has 174 valence electrons. The van der Waals surface area contributed by atoms with Crippen LogP contribution in [0.1, 0.15) is 76.3 Å². The van der Waals surface area contributed by atoms with E-state index in [-0.39, 0.29) is 12.7 Å². The fraction of sp³-hybridized carbons (Fsp3) is 0.731. The molecule has 5 heteroatoms. The van der Waals surface area contributed by atoms with Crippen molar-refractivity contribution >= 4 is 5.97 Å². The Balaban J connectivity index is 1.63. The van der Waals surface area contributed by atoms with E-state index in [0.717, 1.165) is 57.1 Å². The summed E-state index contributed by atoms with van der Waals surface area (Å²) in [6.45, 7) is 4.90. The lowest BCUT2D eigenvalue weighted by Crippen LogP contribution is -2.28. The lowest BCUT2D eigenvalue weighted by atomic mass is 9.73. The van der Waals surface area contributed by atoms with Crippen LogP contribution in [0, 0.1) is 17.8 Å². The van der Waals surface area contributed by atoms with Gasteiger partial charge in [-0.1, -0.05) is 45.2 Å². The van der Waals surface area contributed by atoms with Crippen molar-refractivity contribution in [2.45, 2.75) is 90.3 Å². The summed E-state index contributed by atoms with van der Waals surface area (Å²) >= 11 is 0. The number of carbonyl (C=O) groups is 1. The standard InChI is InChI=1S/C26H40O5/c1-3-5-6-9-20(30-13-4-2)11-12-21-22-14-18-8-7-10-25(31-17-26(28)29)23(18)15-19(22)16-24(21)27/h7-8,10,19-22,24,27H,3-6,9,11-17H2,1-2H3,(H,28,29)/t19-,20-,21+,22-,24+/m0/s1. The van der Waals surface area contributed by atoms with E-state index in [0.29, 0.717) is 29.6 Å². The first-order chi connectivity index (χ1) is 15.0. The van der Waals surface area contributed by atoms with Gasteiger partial charge >= 0.3 is 5.97 Å². The van der Waals surface area contributed by atoms with Crippen molar-refractivity contribution in [1.29, 1.82) is 0 Å². The van der Waals surface area contributed by atoms with Crippen molar-refractivity contribution in [3.63, 3.8) is 0 Å². The Bertz CT molecular complexity index is 703. The number of ether oxygens (including phenoxy) is 2. The van der Waals surface area contributed by atoms with E-state index in [2.05, 4.69) is 19.9 Å². The van der Waals surface area contributed by atoms with Crippen LogP contribution in [0.4, 0.5) is 0 Å². The van der Waals surface area contributed by atoms with Crippen LogP contribution in [0.5, 0.6) is 5.75 Å². The monoisotopic (exact) mass is 432 g/mol. The Hall–Kier alpha value is -1.59. The smallest absolute Gasteiger partial charge is 0.341 e. The number of carboxylic acid groups (broad SMARTS) is 1. The largest absolute Gasteiger partial charge is 0.482 e. The van der Waals surface area contributed by atoms with Gasteiger partial charge in [0.25, 0.3) is 0 Å². The Morgan fingerprint density at radius 2 is 2.00 bits per heavy atom. The summed E-state index contributed by atoms with van der Waals surface area (Å²) in [6, 6.07) is 5.97. The molecule has 1 saturated carbocycles. The number of aliphatic hydroxyl groups is 1. The summed E-state index contributed by atoms with van der Waals surface area (Å²) in [5.41, 5.74) is 2.39. The third-order valence-electron chi connectivity index (χ3n) is 7.21. The zero-order valence-electron chi connectivity index (χ0n) is 19.2. The van der Waals surface area contributed by atoms with Gasteiger partial charge in [0.05, 0.1) is 12.2 Å². The van der Waals surface area contributed by atoms with Crippen LogP contribution in [-0.4, -0.2) is 41.6 Å². The molecule has 0 saturated heterocycles. The highest BCUT2D eigenvalue weighted by atomic mass is 16.5. The molecule has 1 fully saturated rings. The third kappa shape index (κ3) is 6.45. The fourth-order valence-corrected chi connectivity index (χ4v) is 5.67. The summed E-state index contributed by atoms with van der Waals surface area (Å²) in [5, 5.41) is 19.9. The summed E-state index contributed by atoms with van der Waals surface area (Å²) < 4.78 is 11.7. The second-order valence-corrected chi connectivity index (χ2v) is 9.44. The molecule has 1 aromatic rings. The third-order valence-corrected chi connectivity index (χ3v) is 7.21. The van der Waals surface area contributed by atoms with Crippen LogP contribution in [0.3, 0.4) is 0 Å². The molecule has 31 heavy (non-hydrogen) atoms. The average Bonchev–Trinajstić information content (AvgIpc) is 3.06. The number of benzene rings is 1. The molecule has 0 unspecified atom stereocenters. The van der Waals surface area contributed by atoms with E-state index >= 15 is 0 Å². The number of aliphatic carboxylic acids is 1. The quantitative estimate of drug-likeness (QED) is 0.428. The average molecular weight is 433 g/mol. The number of carboxylic acids is 1. The summed E-state index contributed by atoms with van der Waals surface area (Å²) in [6.07, 6.45) is 10.6. The predicted octanol–water partition coefficient (Wildman–Crippen LogP) is 5.02. The van der Waals surface area contributed by atoms with Gasteiger partial charge in [-0.2, -0.15) is 0 Å². The van der Waals surface area contributed by atoms with Crippen LogP contribution in [0.2, 0.25) is 0 Å². The first-order valence-corrected chi connectivity index (χ1v) is 12.3. The number of aliphatic hydroxyl groups excluding tert-OH is 1. The minimum Gasteiger partial charge on any atom is -0.482 e. The highest BCUT2D eigenvalue weighted by Gasteiger charge is 2.45. The van der Waals surface area contributed by atoms with E-state index in [9.17, 15) is 9.90 Å². The highest BCUT2D eigenvalue weighted by molar-refractivity contribution is 5.68. The summed E-state index contributed by atoms with van der Waals surface area (Å²) in [5.74, 6) is 0.985. The Kier molecular flexibility index (Phi) is 9.21. The minimum absolute atomic E-state index is 0.254. The maximum absolute atomic E-state index is 10.9. The molecule has 2 aliphatic carbocycles. The Labute approximate surface area is 187 Å². The van der Waals surface area contributed by atoms with Gasteiger partial charge in [-0.05, 0) is 79.9 Å². The first kappa shape index (κ1) is 24.1. The van der Waals surface area contributed by atoms with Crippen molar-refractivity contribution in [3.05, 3.63) is 29.3 Å². The maximum Gasteiger partial charge on any atom is 0.341 e. The van der Waals surface area contributed by atoms with Crippen molar-refractivity contribution in [1.82, 2.24) is 0 Å². The first-order valence-electron chi connectivity index (χ1n) is 12.3. The van der Waals surface area contributed by atoms with Crippen LogP contribution >= 0.6 is 0 Å². The van der Waals surface area contributed by atoms with Gasteiger partial charge in [0, 0.05) is 6.61 Å². The molecular formula is C26H40O5. The van der Waals surface area contributed by atoms with Gasteiger partial charge in [-0.15, -0.1) is 0 Å². The molecule has 0 spiro atoms. The van der Waals surface area contributed by atoms with Crippen LogP contribution in [-0.2, 0) is 22.4 Å². The van der Waals surface area contributed by atoms with Crippen molar-refractivity contribution < 1.29 is 24.5 Å². The zero-order chi connectivity index (χ0) is 22.2. The molecule has 0 aromatic heterocycles. The minimum atomic E-state index is -0.957. The molecule has 0 radical (unpaired) electrons. The number of rotatable bonds is 13. The van der Waals surface area contributed by atoms with Crippen LogP contribution in [0.15, 0.2) is 18.2 Å². The van der Waals surface area contributed by atoms with E-state index in [1.807, 2.05) is 12.1 Å². The Morgan fingerprint density at radius 3 is 2.74 bits per heavy atom. The van der Waals surface area contributed by atoms with Crippen LogP contribution in [0.25, 0.3) is 0 Å². The van der Waals surface area contributed by atoms with Crippen molar-refractivity contribution in [2.75, 3.05) is 13.2 Å².